The van der Waals surface area contributed by atoms with Gasteiger partial charge in [0.25, 0.3) is 0 Å². The number of hydrogen-bond donors (Lipinski definition) is 1. The Bertz CT molecular complexity index is 1110. The van der Waals surface area contributed by atoms with E-state index in [0.717, 1.165) is 21.3 Å². The fourth-order valence-corrected chi connectivity index (χ4v) is 4.29. The number of fused-ring (bicyclic) bond motifs is 1. The molecule has 6 nitrogen and oxygen atoms in total. The SMILES string of the molecule is COc1cccc(N(C(C)C(=O)Nc2cccc3ccccc23)S(C)(=O)=O)c1. The smallest absolute Gasteiger partial charge is 0.248 e. The summed E-state index contributed by atoms with van der Waals surface area (Å²) in [5.74, 6) is 0.0809. The van der Waals surface area contributed by atoms with E-state index in [4.69, 9.17) is 4.74 Å². The number of carbonyl (C=O) groups is 1. The van der Waals surface area contributed by atoms with Crippen LogP contribution in [0.5, 0.6) is 5.75 Å². The first kappa shape index (κ1) is 19.7. The van der Waals surface area contributed by atoms with Crippen LogP contribution in [0.15, 0.2) is 66.7 Å². The maximum absolute atomic E-state index is 12.9. The lowest BCUT2D eigenvalue weighted by atomic mass is 10.1. The van der Waals surface area contributed by atoms with Crippen LogP contribution >= 0.6 is 0 Å². The molecule has 7 heteroatoms. The van der Waals surface area contributed by atoms with Crippen molar-refractivity contribution in [2.24, 2.45) is 0 Å². The Morgan fingerprint density at radius 2 is 1.71 bits per heavy atom. The number of anilines is 2. The van der Waals surface area contributed by atoms with Gasteiger partial charge in [0.05, 0.1) is 19.1 Å². The minimum absolute atomic E-state index is 0.363. The average molecular weight is 398 g/mol. The second-order valence-corrected chi connectivity index (χ2v) is 8.31. The summed E-state index contributed by atoms with van der Waals surface area (Å²) in [4.78, 5) is 12.9. The fraction of sp³-hybridized carbons (Fsp3) is 0.190. The number of hydrogen-bond acceptors (Lipinski definition) is 4. The van der Waals surface area contributed by atoms with Crippen LogP contribution in [0.3, 0.4) is 0 Å². The Labute approximate surface area is 164 Å². The Morgan fingerprint density at radius 1 is 1.04 bits per heavy atom. The van der Waals surface area contributed by atoms with E-state index in [1.807, 2.05) is 36.4 Å². The highest BCUT2D eigenvalue weighted by atomic mass is 32.2. The lowest BCUT2D eigenvalue weighted by molar-refractivity contribution is -0.116. The van der Waals surface area contributed by atoms with Gasteiger partial charge in [0.2, 0.25) is 15.9 Å². The standard InChI is InChI=1S/C21H22N2O4S/c1-15(23(28(3,25)26)17-10-7-11-18(14-17)27-2)21(24)22-20-13-6-9-16-8-4-5-12-19(16)20/h4-15H,1-3H3,(H,22,24). The zero-order chi connectivity index (χ0) is 20.3. The van der Waals surface area contributed by atoms with Crippen LogP contribution in [0.25, 0.3) is 10.8 Å². The molecule has 0 saturated carbocycles. The molecule has 146 valence electrons. The molecule has 3 aromatic rings. The van der Waals surface area contributed by atoms with E-state index < -0.39 is 22.0 Å². The number of amides is 1. The molecule has 1 amide bonds. The molecule has 0 radical (unpaired) electrons. The van der Waals surface area contributed by atoms with Gasteiger partial charge in [-0.05, 0) is 30.5 Å². The van der Waals surface area contributed by atoms with Crippen LogP contribution in [-0.4, -0.2) is 33.7 Å². The van der Waals surface area contributed by atoms with Gasteiger partial charge in [0.1, 0.15) is 11.8 Å². The molecule has 0 aliphatic rings. The molecule has 0 saturated heterocycles. The number of rotatable bonds is 6. The minimum Gasteiger partial charge on any atom is -0.497 e. The summed E-state index contributed by atoms with van der Waals surface area (Å²) in [6, 6.07) is 18.9. The number of nitrogens with one attached hydrogen (secondary N) is 1. The van der Waals surface area contributed by atoms with Gasteiger partial charge in [0, 0.05) is 17.1 Å². The number of nitrogens with zero attached hydrogens (tertiary/aromatic N) is 1. The number of sulfonamides is 1. The zero-order valence-electron chi connectivity index (χ0n) is 15.9. The summed E-state index contributed by atoms with van der Waals surface area (Å²) < 4.78 is 31.2. The van der Waals surface area contributed by atoms with E-state index in [9.17, 15) is 13.2 Å². The Balaban J connectivity index is 1.94. The first-order chi connectivity index (χ1) is 13.3. The minimum atomic E-state index is -3.71. The zero-order valence-corrected chi connectivity index (χ0v) is 16.7. The van der Waals surface area contributed by atoms with Gasteiger partial charge in [-0.25, -0.2) is 8.42 Å². The van der Waals surface area contributed by atoms with Crippen molar-refractivity contribution in [3.05, 3.63) is 66.7 Å². The van der Waals surface area contributed by atoms with Crippen LogP contribution in [-0.2, 0) is 14.8 Å². The summed E-state index contributed by atoms with van der Waals surface area (Å²) >= 11 is 0. The van der Waals surface area contributed by atoms with Crippen LogP contribution in [0, 0.1) is 0 Å². The molecule has 1 atom stereocenters. The molecule has 0 aromatic heterocycles. The molecule has 0 fully saturated rings. The van der Waals surface area contributed by atoms with E-state index in [1.54, 1.807) is 37.3 Å². The molecule has 1 N–H and O–H groups in total. The molecule has 3 rings (SSSR count). The van der Waals surface area contributed by atoms with Gasteiger partial charge in [-0.15, -0.1) is 0 Å². The average Bonchev–Trinajstić information content (AvgIpc) is 2.67. The van der Waals surface area contributed by atoms with Crippen molar-refractivity contribution in [1.29, 1.82) is 0 Å². The lowest BCUT2D eigenvalue weighted by Gasteiger charge is -2.28. The number of ether oxygens (including phenoxy) is 1. The molecule has 1 unspecified atom stereocenters. The van der Waals surface area contributed by atoms with Gasteiger partial charge in [-0.1, -0.05) is 42.5 Å². The maximum atomic E-state index is 12.9. The Morgan fingerprint density at radius 3 is 2.43 bits per heavy atom. The second-order valence-electron chi connectivity index (χ2n) is 6.45. The third kappa shape index (κ3) is 4.09. The Kier molecular flexibility index (Phi) is 5.56. The number of benzene rings is 3. The number of methoxy groups -OCH3 is 1. The molecule has 0 aliphatic heterocycles. The van der Waals surface area contributed by atoms with Crippen LogP contribution in [0.4, 0.5) is 11.4 Å². The maximum Gasteiger partial charge on any atom is 0.248 e. The highest BCUT2D eigenvalue weighted by molar-refractivity contribution is 7.92. The van der Waals surface area contributed by atoms with E-state index in [0.29, 0.717) is 17.1 Å². The first-order valence-electron chi connectivity index (χ1n) is 8.73. The van der Waals surface area contributed by atoms with Crippen molar-refractivity contribution in [3.8, 4) is 5.75 Å². The topological polar surface area (TPSA) is 75.7 Å². The summed E-state index contributed by atoms with van der Waals surface area (Å²) in [5.41, 5.74) is 0.997. The molecule has 0 spiro atoms. The van der Waals surface area contributed by atoms with E-state index >= 15 is 0 Å². The molecule has 3 aromatic carbocycles. The van der Waals surface area contributed by atoms with Crippen molar-refractivity contribution in [2.45, 2.75) is 13.0 Å². The molecular weight excluding hydrogens is 376 g/mol. The monoisotopic (exact) mass is 398 g/mol. The van der Waals surface area contributed by atoms with Crippen molar-refractivity contribution < 1.29 is 17.9 Å². The summed E-state index contributed by atoms with van der Waals surface area (Å²) in [6.07, 6.45) is 1.08. The third-order valence-electron chi connectivity index (χ3n) is 4.44. The quantitative estimate of drug-likeness (QED) is 0.688. The van der Waals surface area contributed by atoms with Crippen molar-refractivity contribution >= 4 is 38.1 Å². The second kappa shape index (κ2) is 7.90. The predicted molar refractivity (Wildman–Crippen MR) is 112 cm³/mol. The van der Waals surface area contributed by atoms with Crippen LogP contribution < -0.4 is 14.4 Å². The van der Waals surface area contributed by atoms with Gasteiger partial charge < -0.3 is 10.1 Å². The van der Waals surface area contributed by atoms with Gasteiger partial charge >= 0.3 is 0 Å². The summed E-state index contributed by atoms with van der Waals surface area (Å²) in [6.45, 7) is 1.56. The third-order valence-corrected chi connectivity index (χ3v) is 5.69. The largest absolute Gasteiger partial charge is 0.497 e. The summed E-state index contributed by atoms with van der Waals surface area (Å²) in [5, 5.41) is 4.73. The highest BCUT2D eigenvalue weighted by Crippen LogP contribution is 2.27. The van der Waals surface area contributed by atoms with Crippen molar-refractivity contribution in [1.82, 2.24) is 0 Å². The van der Waals surface area contributed by atoms with Crippen LogP contribution in [0.1, 0.15) is 6.92 Å². The normalized spacial score (nSPS) is 12.4. The van der Waals surface area contributed by atoms with E-state index in [-0.39, 0.29) is 0 Å². The molecular formula is C21H22N2O4S. The van der Waals surface area contributed by atoms with Gasteiger partial charge in [-0.3, -0.25) is 9.10 Å². The van der Waals surface area contributed by atoms with Crippen LogP contribution in [0.2, 0.25) is 0 Å². The summed E-state index contributed by atoms with van der Waals surface area (Å²) in [7, 11) is -2.20. The van der Waals surface area contributed by atoms with Crippen molar-refractivity contribution in [2.75, 3.05) is 23.0 Å². The lowest BCUT2D eigenvalue weighted by Crippen LogP contribution is -2.45. The number of carbonyl (C=O) groups excluding carboxylic acids is 1. The Hall–Kier alpha value is -3.06. The molecule has 0 heterocycles. The predicted octanol–water partition coefficient (Wildman–Crippen LogP) is 3.64. The molecule has 28 heavy (non-hydrogen) atoms. The fourth-order valence-electron chi connectivity index (χ4n) is 3.13. The van der Waals surface area contributed by atoms with Crippen molar-refractivity contribution in [3.63, 3.8) is 0 Å². The molecule has 0 bridgehead atoms. The van der Waals surface area contributed by atoms with Gasteiger partial charge in [0.15, 0.2) is 0 Å². The molecule has 0 aliphatic carbocycles. The first-order valence-corrected chi connectivity index (χ1v) is 10.6. The van der Waals surface area contributed by atoms with E-state index in [1.165, 1.54) is 7.11 Å². The highest BCUT2D eigenvalue weighted by Gasteiger charge is 2.29. The van der Waals surface area contributed by atoms with E-state index in [2.05, 4.69) is 5.32 Å². The van der Waals surface area contributed by atoms with Gasteiger partial charge in [-0.2, -0.15) is 0 Å².